The standard InChI is InChI=1S/C22H26FN3O4S/c1-16(27)25-20-8-10-21(11-9-20)31(29,30)26-14-2-3-18(15-26)22(28)24-13-12-17-4-6-19(23)7-5-17/h4-11,18H,2-3,12-15H2,1H3,(H,24,28)(H,25,27)/t18-/m0/s1. The summed E-state index contributed by atoms with van der Waals surface area (Å²) in [6, 6.07) is 12.1. The minimum Gasteiger partial charge on any atom is -0.355 e. The van der Waals surface area contributed by atoms with E-state index < -0.39 is 15.9 Å². The van der Waals surface area contributed by atoms with Crippen LogP contribution in [0, 0.1) is 11.7 Å². The summed E-state index contributed by atoms with van der Waals surface area (Å²) >= 11 is 0. The minimum absolute atomic E-state index is 0.123. The SMILES string of the molecule is CC(=O)Nc1ccc(S(=O)(=O)N2CCC[C@H](C(=O)NCCc3ccc(F)cc3)C2)cc1. The molecule has 2 N–H and O–H groups in total. The molecule has 2 aromatic carbocycles. The maximum Gasteiger partial charge on any atom is 0.243 e. The summed E-state index contributed by atoms with van der Waals surface area (Å²) in [5.41, 5.74) is 1.43. The van der Waals surface area contributed by atoms with E-state index >= 15 is 0 Å². The summed E-state index contributed by atoms with van der Waals surface area (Å²) in [5.74, 6) is -1.14. The maximum absolute atomic E-state index is 13.0. The Hall–Kier alpha value is -2.78. The van der Waals surface area contributed by atoms with Crippen molar-refractivity contribution in [3.05, 3.63) is 59.9 Å². The molecule has 0 saturated carbocycles. The molecule has 2 amide bonds. The van der Waals surface area contributed by atoms with Crippen LogP contribution in [0.1, 0.15) is 25.3 Å². The third kappa shape index (κ3) is 6.11. The Bertz CT molecular complexity index is 1020. The van der Waals surface area contributed by atoms with Crippen LogP contribution >= 0.6 is 0 Å². The van der Waals surface area contributed by atoms with Gasteiger partial charge in [-0.2, -0.15) is 4.31 Å². The van der Waals surface area contributed by atoms with Gasteiger partial charge in [-0.3, -0.25) is 9.59 Å². The topological polar surface area (TPSA) is 95.6 Å². The van der Waals surface area contributed by atoms with Crippen molar-refractivity contribution in [1.29, 1.82) is 0 Å². The predicted octanol–water partition coefficient (Wildman–Crippen LogP) is 2.54. The van der Waals surface area contributed by atoms with Crippen molar-refractivity contribution >= 4 is 27.5 Å². The first-order valence-corrected chi connectivity index (χ1v) is 11.6. The zero-order valence-corrected chi connectivity index (χ0v) is 18.1. The molecule has 31 heavy (non-hydrogen) atoms. The first kappa shape index (κ1) is 22.9. The lowest BCUT2D eigenvalue weighted by Gasteiger charge is -2.31. The lowest BCUT2D eigenvalue weighted by atomic mass is 9.99. The molecule has 2 aromatic rings. The fraction of sp³-hybridized carbons (Fsp3) is 0.364. The summed E-state index contributed by atoms with van der Waals surface area (Å²) in [4.78, 5) is 23.8. The van der Waals surface area contributed by atoms with Gasteiger partial charge in [-0.15, -0.1) is 0 Å². The minimum atomic E-state index is -3.74. The van der Waals surface area contributed by atoms with Gasteiger partial charge in [0.25, 0.3) is 0 Å². The molecule has 0 bridgehead atoms. The molecule has 7 nitrogen and oxygen atoms in total. The Morgan fingerprint density at radius 1 is 1.10 bits per heavy atom. The maximum atomic E-state index is 13.0. The number of nitrogens with one attached hydrogen (secondary N) is 2. The van der Waals surface area contributed by atoms with E-state index in [2.05, 4.69) is 10.6 Å². The number of carbonyl (C=O) groups excluding carboxylic acids is 2. The van der Waals surface area contributed by atoms with Gasteiger partial charge < -0.3 is 10.6 Å². The molecule has 3 rings (SSSR count). The quantitative estimate of drug-likeness (QED) is 0.682. The number of benzene rings is 2. The van der Waals surface area contributed by atoms with Crippen LogP contribution in [0.25, 0.3) is 0 Å². The third-order valence-corrected chi connectivity index (χ3v) is 7.07. The molecular formula is C22H26FN3O4S. The zero-order valence-electron chi connectivity index (χ0n) is 17.3. The van der Waals surface area contributed by atoms with Crippen LogP contribution in [-0.4, -0.2) is 44.2 Å². The monoisotopic (exact) mass is 447 g/mol. The third-order valence-electron chi connectivity index (χ3n) is 5.19. The molecular weight excluding hydrogens is 421 g/mol. The number of rotatable bonds is 7. The highest BCUT2D eigenvalue weighted by Gasteiger charge is 2.33. The Labute approximate surface area is 181 Å². The van der Waals surface area contributed by atoms with E-state index in [1.54, 1.807) is 12.1 Å². The van der Waals surface area contributed by atoms with Crippen LogP contribution in [0.4, 0.5) is 10.1 Å². The second kappa shape index (κ2) is 10.0. The molecule has 9 heteroatoms. The molecule has 166 valence electrons. The Morgan fingerprint density at radius 2 is 1.77 bits per heavy atom. The number of nitrogens with zero attached hydrogens (tertiary/aromatic N) is 1. The summed E-state index contributed by atoms with van der Waals surface area (Å²) in [5, 5.41) is 5.46. The molecule has 0 aromatic heterocycles. The predicted molar refractivity (Wildman–Crippen MR) is 115 cm³/mol. The number of carbonyl (C=O) groups is 2. The molecule has 1 aliphatic rings. The van der Waals surface area contributed by atoms with Crippen molar-refractivity contribution < 1.29 is 22.4 Å². The fourth-order valence-electron chi connectivity index (χ4n) is 3.56. The van der Waals surface area contributed by atoms with Gasteiger partial charge in [0, 0.05) is 32.2 Å². The molecule has 1 aliphatic heterocycles. The van der Waals surface area contributed by atoms with E-state index in [-0.39, 0.29) is 29.1 Å². The second-order valence-electron chi connectivity index (χ2n) is 7.58. The number of anilines is 1. The first-order chi connectivity index (χ1) is 14.8. The second-order valence-corrected chi connectivity index (χ2v) is 9.51. The van der Waals surface area contributed by atoms with Gasteiger partial charge in [-0.05, 0) is 61.2 Å². The van der Waals surface area contributed by atoms with Crippen LogP contribution in [-0.2, 0) is 26.0 Å². The number of halogens is 1. The van der Waals surface area contributed by atoms with Crippen LogP contribution in [0.3, 0.4) is 0 Å². The number of hydrogen-bond donors (Lipinski definition) is 2. The van der Waals surface area contributed by atoms with E-state index in [1.165, 1.54) is 47.6 Å². The molecule has 1 atom stereocenters. The Balaban J connectivity index is 1.57. The molecule has 1 saturated heterocycles. The van der Waals surface area contributed by atoms with Gasteiger partial charge in [0.1, 0.15) is 5.82 Å². The van der Waals surface area contributed by atoms with Crippen LogP contribution < -0.4 is 10.6 Å². The highest BCUT2D eigenvalue weighted by molar-refractivity contribution is 7.89. The molecule has 0 spiro atoms. The van der Waals surface area contributed by atoms with Crippen molar-refractivity contribution in [2.45, 2.75) is 31.1 Å². The van der Waals surface area contributed by atoms with Crippen molar-refractivity contribution in [2.75, 3.05) is 25.0 Å². The van der Waals surface area contributed by atoms with E-state index in [4.69, 9.17) is 0 Å². The average molecular weight is 448 g/mol. The number of amides is 2. The summed E-state index contributed by atoms with van der Waals surface area (Å²) in [6.45, 7) is 2.26. The van der Waals surface area contributed by atoms with Gasteiger partial charge in [0.05, 0.1) is 10.8 Å². The highest BCUT2D eigenvalue weighted by Crippen LogP contribution is 2.25. The average Bonchev–Trinajstić information content (AvgIpc) is 2.75. The largest absolute Gasteiger partial charge is 0.355 e. The number of sulfonamides is 1. The number of piperidine rings is 1. The molecule has 0 radical (unpaired) electrons. The van der Waals surface area contributed by atoms with Gasteiger partial charge in [-0.1, -0.05) is 12.1 Å². The Morgan fingerprint density at radius 3 is 2.42 bits per heavy atom. The summed E-state index contributed by atoms with van der Waals surface area (Å²) < 4.78 is 40.3. The van der Waals surface area contributed by atoms with Crippen LogP contribution in [0.2, 0.25) is 0 Å². The first-order valence-electron chi connectivity index (χ1n) is 10.2. The molecule has 1 fully saturated rings. The van der Waals surface area contributed by atoms with Crippen molar-refractivity contribution in [1.82, 2.24) is 9.62 Å². The lowest BCUT2D eigenvalue weighted by molar-refractivity contribution is -0.126. The van der Waals surface area contributed by atoms with Crippen molar-refractivity contribution in [2.24, 2.45) is 5.92 Å². The summed E-state index contributed by atoms with van der Waals surface area (Å²) in [6.07, 6.45) is 1.79. The van der Waals surface area contributed by atoms with Gasteiger partial charge in [0.2, 0.25) is 21.8 Å². The van der Waals surface area contributed by atoms with Crippen LogP contribution in [0.15, 0.2) is 53.4 Å². The Kier molecular flexibility index (Phi) is 7.40. The van der Waals surface area contributed by atoms with Crippen molar-refractivity contribution in [3.8, 4) is 0 Å². The zero-order chi connectivity index (χ0) is 22.4. The van der Waals surface area contributed by atoms with Gasteiger partial charge >= 0.3 is 0 Å². The van der Waals surface area contributed by atoms with E-state index in [9.17, 15) is 22.4 Å². The van der Waals surface area contributed by atoms with E-state index in [1.807, 2.05) is 0 Å². The lowest BCUT2D eigenvalue weighted by Crippen LogP contribution is -2.45. The molecule has 0 aliphatic carbocycles. The highest BCUT2D eigenvalue weighted by atomic mass is 32.2. The van der Waals surface area contributed by atoms with Crippen LogP contribution in [0.5, 0.6) is 0 Å². The smallest absolute Gasteiger partial charge is 0.243 e. The number of hydrogen-bond acceptors (Lipinski definition) is 4. The van der Waals surface area contributed by atoms with E-state index in [0.717, 1.165) is 5.56 Å². The molecule has 1 heterocycles. The molecule has 0 unspecified atom stereocenters. The fourth-order valence-corrected chi connectivity index (χ4v) is 5.09. The van der Waals surface area contributed by atoms with Gasteiger partial charge in [-0.25, -0.2) is 12.8 Å². The normalized spacial score (nSPS) is 17.2. The van der Waals surface area contributed by atoms with E-state index in [0.29, 0.717) is 38.0 Å². The summed E-state index contributed by atoms with van der Waals surface area (Å²) in [7, 11) is -3.74. The van der Waals surface area contributed by atoms with Gasteiger partial charge in [0.15, 0.2) is 0 Å². The van der Waals surface area contributed by atoms with Crippen molar-refractivity contribution in [3.63, 3.8) is 0 Å².